The summed E-state index contributed by atoms with van der Waals surface area (Å²) in [6.45, 7) is 4.35. The average Bonchev–Trinajstić information content (AvgIpc) is 3.21. The Bertz CT molecular complexity index is 1170. The molecule has 3 rings (SSSR count). The molecule has 0 bridgehead atoms. The summed E-state index contributed by atoms with van der Waals surface area (Å²) in [6.07, 6.45) is 3.54. The van der Waals surface area contributed by atoms with Crippen molar-refractivity contribution in [1.82, 2.24) is 14.5 Å². The maximum atomic E-state index is 12.7. The summed E-state index contributed by atoms with van der Waals surface area (Å²) in [7, 11) is 1.46. The van der Waals surface area contributed by atoms with Crippen molar-refractivity contribution in [3.8, 4) is 11.3 Å². The number of nitrogens with two attached hydrogens (primary N) is 1. The first kappa shape index (κ1) is 22.1. The topological polar surface area (TPSA) is 127 Å². The van der Waals surface area contributed by atoms with Gasteiger partial charge < -0.3 is 15.1 Å². The highest BCUT2D eigenvalue weighted by molar-refractivity contribution is 5.95. The number of nitrogens with one attached hydrogen (secondary N) is 1. The molecule has 9 heteroatoms. The standard InChI is InChI=1S/C22H27N5O4/c1-4-5-12-27-20(23)19(21(29)25-22(27)30)26(3)18(28)11-10-17-24-13-16(31-17)15-8-6-14(2)7-9-15/h6-9,13H,4-5,10-12,23H2,1-3H3,(H,25,29,30). The number of hydrogen-bond donors (Lipinski definition) is 2. The number of aromatic amines is 1. The number of aryl methyl sites for hydroxylation is 2. The average molecular weight is 425 g/mol. The lowest BCUT2D eigenvalue weighted by Gasteiger charge is -2.20. The minimum atomic E-state index is -0.691. The fourth-order valence-electron chi connectivity index (χ4n) is 3.22. The summed E-state index contributed by atoms with van der Waals surface area (Å²) < 4.78 is 7.04. The fourth-order valence-corrected chi connectivity index (χ4v) is 3.22. The molecular weight excluding hydrogens is 398 g/mol. The largest absolute Gasteiger partial charge is 0.441 e. The summed E-state index contributed by atoms with van der Waals surface area (Å²) in [4.78, 5) is 44.7. The van der Waals surface area contributed by atoms with E-state index in [2.05, 4.69) is 9.97 Å². The van der Waals surface area contributed by atoms with Gasteiger partial charge in [0, 0.05) is 32.0 Å². The first-order valence-electron chi connectivity index (χ1n) is 10.2. The summed E-state index contributed by atoms with van der Waals surface area (Å²) in [5.74, 6) is 0.690. The number of carbonyl (C=O) groups is 1. The molecule has 1 amide bonds. The van der Waals surface area contributed by atoms with Crippen molar-refractivity contribution >= 4 is 17.4 Å². The Labute approximate surface area is 179 Å². The van der Waals surface area contributed by atoms with Gasteiger partial charge in [0.05, 0.1) is 6.20 Å². The zero-order valence-corrected chi connectivity index (χ0v) is 18.0. The van der Waals surface area contributed by atoms with Gasteiger partial charge in [-0.2, -0.15) is 0 Å². The predicted molar refractivity (Wildman–Crippen MR) is 119 cm³/mol. The van der Waals surface area contributed by atoms with Crippen molar-refractivity contribution in [2.45, 2.75) is 46.1 Å². The van der Waals surface area contributed by atoms with Crippen LogP contribution in [0.2, 0.25) is 0 Å². The molecule has 0 aliphatic carbocycles. The third-order valence-corrected chi connectivity index (χ3v) is 5.10. The highest BCUT2D eigenvalue weighted by Crippen LogP contribution is 2.22. The van der Waals surface area contributed by atoms with Crippen molar-refractivity contribution in [3.63, 3.8) is 0 Å². The SMILES string of the molecule is CCCCn1c(N)c(N(C)C(=O)CCc2ncc(-c3ccc(C)cc3)o2)c(=O)[nH]c1=O. The number of carbonyl (C=O) groups excluding carboxylic acids is 1. The molecule has 0 fully saturated rings. The molecule has 0 aliphatic heterocycles. The molecular formula is C22H27N5O4. The van der Waals surface area contributed by atoms with Crippen molar-refractivity contribution in [3.05, 3.63) is 62.8 Å². The van der Waals surface area contributed by atoms with E-state index in [-0.39, 0.29) is 30.3 Å². The van der Waals surface area contributed by atoms with Crippen molar-refractivity contribution in [2.75, 3.05) is 17.7 Å². The first-order chi connectivity index (χ1) is 14.8. The van der Waals surface area contributed by atoms with Gasteiger partial charge in [-0.25, -0.2) is 9.78 Å². The van der Waals surface area contributed by atoms with E-state index in [1.807, 2.05) is 38.1 Å². The number of unbranched alkanes of at least 4 members (excludes halogenated alkanes) is 1. The van der Waals surface area contributed by atoms with Gasteiger partial charge in [-0.3, -0.25) is 19.1 Å². The second kappa shape index (κ2) is 9.46. The summed E-state index contributed by atoms with van der Waals surface area (Å²) in [5.41, 5.74) is 6.81. The number of nitrogens with zero attached hydrogens (tertiary/aromatic N) is 3. The van der Waals surface area contributed by atoms with E-state index >= 15 is 0 Å². The van der Waals surface area contributed by atoms with Crippen LogP contribution in [0.15, 0.2) is 44.5 Å². The van der Waals surface area contributed by atoms with Gasteiger partial charge in [-0.1, -0.05) is 43.2 Å². The predicted octanol–water partition coefficient (Wildman–Crippen LogP) is 2.48. The van der Waals surface area contributed by atoms with Crippen LogP contribution >= 0.6 is 0 Å². The van der Waals surface area contributed by atoms with E-state index in [0.29, 0.717) is 18.2 Å². The highest BCUT2D eigenvalue weighted by Gasteiger charge is 2.21. The molecule has 2 heterocycles. The Kier molecular flexibility index (Phi) is 6.74. The van der Waals surface area contributed by atoms with Gasteiger partial charge in [-0.05, 0) is 13.3 Å². The Morgan fingerprint density at radius 1 is 1.26 bits per heavy atom. The molecule has 0 aliphatic rings. The molecule has 0 atom stereocenters. The lowest BCUT2D eigenvalue weighted by atomic mass is 10.1. The molecule has 3 aromatic rings. The quantitative estimate of drug-likeness (QED) is 0.571. The maximum Gasteiger partial charge on any atom is 0.330 e. The van der Waals surface area contributed by atoms with Gasteiger partial charge in [0.2, 0.25) is 5.91 Å². The number of nitrogen functional groups attached to an aromatic ring is 1. The number of amides is 1. The number of oxazole rings is 1. The van der Waals surface area contributed by atoms with Crippen LogP contribution in [0.1, 0.15) is 37.6 Å². The van der Waals surface area contributed by atoms with E-state index in [0.717, 1.165) is 24.0 Å². The summed E-state index contributed by atoms with van der Waals surface area (Å²) >= 11 is 0. The van der Waals surface area contributed by atoms with Crippen LogP contribution in [0.3, 0.4) is 0 Å². The molecule has 0 unspecified atom stereocenters. The maximum absolute atomic E-state index is 12.7. The van der Waals surface area contributed by atoms with Crippen LogP contribution in [0.25, 0.3) is 11.3 Å². The second-order valence-electron chi connectivity index (χ2n) is 7.44. The third-order valence-electron chi connectivity index (χ3n) is 5.10. The second-order valence-corrected chi connectivity index (χ2v) is 7.44. The molecule has 2 aromatic heterocycles. The van der Waals surface area contributed by atoms with Crippen LogP contribution in [-0.4, -0.2) is 27.5 Å². The third kappa shape index (κ3) is 4.93. The minimum Gasteiger partial charge on any atom is -0.441 e. The number of H-pyrrole nitrogens is 1. The molecule has 0 radical (unpaired) electrons. The van der Waals surface area contributed by atoms with Crippen molar-refractivity contribution in [1.29, 1.82) is 0 Å². The van der Waals surface area contributed by atoms with Crippen LogP contribution in [0, 0.1) is 6.92 Å². The number of benzene rings is 1. The molecule has 1 aromatic carbocycles. The number of hydrogen-bond acceptors (Lipinski definition) is 6. The number of aromatic nitrogens is 3. The number of anilines is 2. The lowest BCUT2D eigenvalue weighted by molar-refractivity contribution is -0.118. The normalized spacial score (nSPS) is 10.9. The molecule has 164 valence electrons. The smallest absolute Gasteiger partial charge is 0.330 e. The first-order valence-corrected chi connectivity index (χ1v) is 10.2. The van der Waals surface area contributed by atoms with Crippen LogP contribution in [0.5, 0.6) is 0 Å². The van der Waals surface area contributed by atoms with Gasteiger partial charge in [0.25, 0.3) is 5.56 Å². The number of rotatable bonds is 8. The van der Waals surface area contributed by atoms with Crippen LogP contribution < -0.4 is 21.9 Å². The monoisotopic (exact) mass is 425 g/mol. The van der Waals surface area contributed by atoms with Gasteiger partial charge in [-0.15, -0.1) is 0 Å². The van der Waals surface area contributed by atoms with Gasteiger partial charge >= 0.3 is 5.69 Å². The Morgan fingerprint density at radius 2 is 1.97 bits per heavy atom. The van der Waals surface area contributed by atoms with Gasteiger partial charge in [0.15, 0.2) is 17.3 Å². The van der Waals surface area contributed by atoms with E-state index in [4.69, 9.17) is 10.2 Å². The highest BCUT2D eigenvalue weighted by atomic mass is 16.4. The van der Waals surface area contributed by atoms with Crippen molar-refractivity contribution in [2.24, 2.45) is 0 Å². The zero-order valence-electron chi connectivity index (χ0n) is 18.0. The molecule has 0 saturated heterocycles. The minimum absolute atomic E-state index is 0.0177. The molecule has 31 heavy (non-hydrogen) atoms. The Hall–Kier alpha value is -3.62. The van der Waals surface area contributed by atoms with E-state index in [9.17, 15) is 14.4 Å². The zero-order chi connectivity index (χ0) is 22.5. The molecule has 3 N–H and O–H groups in total. The Balaban J connectivity index is 1.72. The van der Waals surface area contributed by atoms with E-state index in [1.54, 1.807) is 6.20 Å². The van der Waals surface area contributed by atoms with E-state index < -0.39 is 11.2 Å². The Morgan fingerprint density at radius 3 is 2.65 bits per heavy atom. The molecule has 0 spiro atoms. The molecule has 9 nitrogen and oxygen atoms in total. The van der Waals surface area contributed by atoms with Crippen molar-refractivity contribution < 1.29 is 9.21 Å². The summed E-state index contributed by atoms with van der Waals surface area (Å²) in [5, 5.41) is 0. The lowest BCUT2D eigenvalue weighted by Crippen LogP contribution is -2.39. The van der Waals surface area contributed by atoms with E-state index in [1.165, 1.54) is 16.5 Å². The summed E-state index contributed by atoms with van der Waals surface area (Å²) in [6, 6.07) is 7.86. The van der Waals surface area contributed by atoms with Gasteiger partial charge in [0.1, 0.15) is 5.82 Å². The molecule has 0 saturated carbocycles. The fraction of sp³-hybridized carbons (Fsp3) is 0.364. The van der Waals surface area contributed by atoms with Crippen LogP contribution in [-0.2, 0) is 17.8 Å². The van der Waals surface area contributed by atoms with Crippen LogP contribution in [0.4, 0.5) is 11.5 Å².